The Morgan fingerprint density at radius 1 is 1.28 bits per heavy atom. The monoisotopic (exact) mass is 282 g/mol. The number of esters is 1. The predicted octanol–water partition coefficient (Wildman–Crippen LogP) is 1.70. The Morgan fingerprint density at radius 3 is 2.33 bits per heavy atom. The van der Waals surface area contributed by atoms with Gasteiger partial charge in [0.15, 0.2) is 0 Å². The van der Waals surface area contributed by atoms with Gasteiger partial charge < -0.3 is 9.26 Å². The van der Waals surface area contributed by atoms with Crippen LogP contribution < -0.4 is 0 Å². The molecule has 0 fully saturated rings. The maximum atomic E-state index is 11.8. The van der Waals surface area contributed by atoms with Crippen LogP contribution in [0.5, 0.6) is 0 Å². The third kappa shape index (κ3) is 6.86. The van der Waals surface area contributed by atoms with E-state index in [1.165, 1.54) is 7.11 Å². The fourth-order valence-corrected chi connectivity index (χ4v) is 1.97. The zero-order valence-electron chi connectivity index (χ0n) is 11.0. The summed E-state index contributed by atoms with van der Waals surface area (Å²) >= 11 is 0. The number of rotatable bonds is 9. The van der Waals surface area contributed by atoms with Gasteiger partial charge in [-0.05, 0) is 20.8 Å². The van der Waals surface area contributed by atoms with Crippen LogP contribution in [0.15, 0.2) is 0 Å². The molecule has 106 valence electrons. The maximum Gasteiger partial charge on any atom is 0.374 e. The standard InChI is InChI=1S/C10H19O7P/c1-5-15-17-18(13,14-4)7-6-9(11)10(12)16-8(2)3/h8H,5-7H2,1-4H3. The summed E-state index contributed by atoms with van der Waals surface area (Å²) in [6.07, 6.45) is -0.908. The molecule has 1 unspecified atom stereocenters. The zero-order chi connectivity index (χ0) is 14.2. The van der Waals surface area contributed by atoms with Crippen molar-refractivity contribution in [2.75, 3.05) is 19.9 Å². The van der Waals surface area contributed by atoms with E-state index in [1.54, 1.807) is 20.8 Å². The van der Waals surface area contributed by atoms with Crippen LogP contribution in [0, 0.1) is 0 Å². The van der Waals surface area contributed by atoms with E-state index in [4.69, 9.17) is 4.74 Å². The highest BCUT2D eigenvalue weighted by atomic mass is 31.2. The van der Waals surface area contributed by atoms with Crippen LogP contribution in [0.4, 0.5) is 0 Å². The highest BCUT2D eigenvalue weighted by Crippen LogP contribution is 2.47. The van der Waals surface area contributed by atoms with Crippen LogP contribution >= 0.6 is 7.60 Å². The highest BCUT2D eigenvalue weighted by Gasteiger charge is 2.28. The minimum absolute atomic E-state index is 0.191. The largest absolute Gasteiger partial charge is 0.457 e. The number of Topliss-reactive ketones (excluding diaryl/α,β-unsaturated/α-hetero) is 1. The smallest absolute Gasteiger partial charge is 0.374 e. The van der Waals surface area contributed by atoms with E-state index in [2.05, 4.69) is 14.1 Å². The van der Waals surface area contributed by atoms with Crippen molar-refractivity contribution < 1.29 is 33.0 Å². The second-order valence-corrected chi connectivity index (χ2v) is 5.81. The first-order valence-electron chi connectivity index (χ1n) is 5.54. The van der Waals surface area contributed by atoms with Crippen LogP contribution in [0.1, 0.15) is 27.2 Å². The lowest BCUT2D eigenvalue weighted by atomic mass is 10.3. The number of hydrogen-bond donors (Lipinski definition) is 0. The van der Waals surface area contributed by atoms with Gasteiger partial charge >= 0.3 is 13.6 Å². The Morgan fingerprint density at radius 2 is 1.89 bits per heavy atom. The SMILES string of the molecule is CCOOP(=O)(CCC(=O)C(=O)OC(C)C)OC. The van der Waals surface area contributed by atoms with Crippen LogP contribution in [-0.2, 0) is 33.0 Å². The van der Waals surface area contributed by atoms with Gasteiger partial charge in [0.25, 0.3) is 0 Å². The molecule has 0 aromatic rings. The Bertz CT molecular complexity index is 326. The van der Waals surface area contributed by atoms with Crippen molar-refractivity contribution in [3.05, 3.63) is 0 Å². The van der Waals surface area contributed by atoms with Gasteiger partial charge in [-0.1, -0.05) is 0 Å². The number of carbonyl (C=O) groups is 2. The fourth-order valence-electron chi connectivity index (χ4n) is 0.912. The van der Waals surface area contributed by atoms with Crippen molar-refractivity contribution in [2.45, 2.75) is 33.3 Å². The summed E-state index contributed by atoms with van der Waals surface area (Å²) < 4.78 is 25.7. The van der Waals surface area contributed by atoms with E-state index < -0.39 is 19.3 Å². The van der Waals surface area contributed by atoms with Crippen molar-refractivity contribution in [1.82, 2.24) is 0 Å². The summed E-state index contributed by atoms with van der Waals surface area (Å²) in [7, 11) is -2.32. The quantitative estimate of drug-likeness (QED) is 0.209. The molecule has 18 heavy (non-hydrogen) atoms. The van der Waals surface area contributed by atoms with Crippen molar-refractivity contribution in [3.8, 4) is 0 Å². The van der Waals surface area contributed by atoms with E-state index in [0.717, 1.165) is 0 Å². The van der Waals surface area contributed by atoms with Gasteiger partial charge in [0, 0.05) is 13.5 Å². The van der Waals surface area contributed by atoms with Gasteiger partial charge in [0.05, 0.1) is 18.9 Å². The summed E-state index contributed by atoms with van der Waals surface area (Å²) in [6.45, 7) is 5.09. The molecule has 0 aromatic carbocycles. The molecule has 0 amide bonds. The second-order valence-electron chi connectivity index (χ2n) is 3.63. The average Bonchev–Trinajstić information content (AvgIpc) is 2.32. The number of hydrogen-bond acceptors (Lipinski definition) is 7. The molecule has 0 aliphatic heterocycles. The lowest BCUT2D eigenvalue weighted by Gasteiger charge is -2.13. The summed E-state index contributed by atoms with van der Waals surface area (Å²) in [5.41, 5.74) is 0. The molecule has 0 rings (SSSR count). The van der Waals surface area contributed by atoms with Crippen molar-refractivity contribution in [2.24, 2.45) is 0 Å². The lowest BCUT2D eigenvalue weighted by molar-refractivity contribution is -0.209. The maximum absolute atomic E-state index is 11.8. The van der Waals surface area contributed by atoms with Crippen LogP contribution in [0.3, 0.4) is 0 Å². The van der Waals surface area contributed by atoms with Gasteiger partial charge in [0.1, 0.15) is 0 Å². The second kappa shape index (κ2) is 8.37. The predicted molar refractivity (Wildman–Crippen MR) is 63.0 cm³/mol. The number of ether oxygens (including phenoxy) is 1. The first kappa shape index (κ1) is 17.2. The lowest BCUT2D eigenvalue weighted by Crippen LogP contribution is -2.22. The third-order valence-electron chi connectivity index (χ3n) is 1.75. The third-order valence-corrected chi connectivity index (χ3v) is 3.41. The van der Waals surface area contributed by atoms with Crippen molar-refractivity contribution >= 4 is 19.3 Å². The number of ketones is 1. The Balaban J connectivity index is 4.24. The summed E-state index contributed by atoms with van der Waals surface area (Å²) in [6, 6.07) is 0. The molecule has 0 bridgehead atoms. The van der Waals surface area contributed by atoms with Gasteiger partial charge in [0.2, 0.25) is 5.78 Å². The molecular formula is C10H19O7P. The Hall–Kier alpha value is -0.750. The summed E-state index contributed by atoms with van der Waals surface area (Å²) in [4.78, 5) is 27.1. The van der Waals surface area contributed by atoms with Crippen LogP contribution in [0.2, 0.25) is 0 Å². The highest BCUT2D eigenvalue weighted by molar-refractivity contribution is 7.53. The molecule has 0 aliphatic rings. The molecular weight excluding hydrogens is 263 g/mol. The molecule has 0 saturated carbocycles. The first-order valence-corrected chi connectivity index (χ1v) is 7.27. The topological polar surface area (TPSA) is 88.1 Å². The van der Waals surface area contributed by atoms with Gasteiger partial charge in [-0.25, -0.2) is 9.68 Å². The normalized spacial score (nSPS) is 14.3. The van der Waals surface area contributed by atoms with Crippen molar-refractivity contribution in [1.29, 1.82) is 0 Å². The van der Waals surface area contributed by atoms with Crippen LogP contribution in [-0.4, -0.2) is 37.7 Å². The Kier molecular flexibility index (Phi) is 8.02. The molecule has 0 aromatic heterocycles. The first-order chi connectivity index (χ1) is 8.34. The van der Waals surface area contributed by atoms with E-state index in [0.29, 0.717) is 0 Å². The zero-order valence-corrected chi connectivity index (χ0v) is 11.9. The van der Waals surface area contributed by atoms with E-state index in [9.17, 15) is 14.2 Å². The van der Waals surface area contributed by atoms with E-state index in [-0.39, 0.29) is 25.3 Å². The van der Waals surface area contributed by atoms with Gasteiger partial charge in [-0.3, -0.25) is 9.36 Å². The van der Waals surface area contributed by atoms with Crippen LogP contribution in [0.25, 0.3) is 0 Å². The van der Waals surface area contributed by atoms with Gasteiger partial charge in [-0.15, -0.1) is 4.67 Å². The van der Waals surface area contributed by atoms with Crippen molar-refractivity contribution in [3.63, 3.8) is 0 Å². The minimum atomic E-state index is -3.50. The number of carbonyl (C=O) groups excluding carboxylic acids is 2. The molecule has 0 spiro atoms. The average molecular weight is 282 g/mol. The molecule has 0 N–H and O–H groups in total. The molecule has 0 radical (unpaired) electrons. The molecule has 0 aliphatic carbocycles. The molecule has 0 saturated heterocycles. The fraction of sp³-hybridized carbons (Fsp3) is 0.800. The van der Waals surface area contributed by atoms with E-state index in [1.807, 2.05) is 0 Å². The molecule has 1 atom stereocenters. The van der Waals surface area contributed by atoms with E-state index >= 15 is 0 Å². The molecule has 7 nitrogen and oxygen atoms in total. The Labute approximate surface area is 106 Å². The summed E-state index contributed by atoms with van der Waals surface area (Å²) in [5.74, 6) is -1.73. The summed E-state index contributed by atoms with van der Waals surface area (Å²) in [5, 5.41) is 0. The molecule has 0 heterocycles. The minimum Gasteiger partial charge on any atom is -0.457 e. The molecule has 8 heteroatoms. The van der Waals surface area contributed by atoms with Gasteiger partial charge in [-0.2, -0.15) is 0 Å².